The van der Waals surface area contributed by atoms with Crippen LogP contribution in [0.1, 0.15) is 28.7 Å². The first-order valence-corrected chi connectivity index (χ1v) is 22.3. The van der Waals surface area contributed by atoms with Gasteiger partial charge in [-0.25, -0.2) is 0 Å². The topological polar surface area (TPSA) is 12.5 Å². The summed E-state index contributed by atoms with van der Waals surface area (Å²) in [6.45, 7) is 0. The number of thiophene rings is 1. The van der Waals surface area contributed by atoms with Crippen molar-refractivity contribution >= 4 is 82.6 Å². The Hall–Kier alpha value is -6.33. The van der Waals surface area contributed by atoms with Gasteiger partial charge < -0.3 is 9.64 Å². The highest BCUT2D eigenvalue weighted by Crippen LogP contribution is 2.66. The van der Waals surface area contributed by atoms with Crippen LogP contribution in [0.5, 0.6) is 5.75 Å². The molecule has 0 amide bonds. The Morgan fingerprint density at radius 3 is 1.93 bits per heavy atom. The highest BCUT2D eigenvalue weighted by molar-refractivity contribution is 8.00. The maximum absolute atomic E-state index is 6.39. The molecule has 4 atom stereocenters. The van der Waals surface area contributed by atoms with E-state index >= 15 is 0 Å². The molecule has 2 nitrogen and oxygen atoms in total. The molecule has 0 bridgehead atoms. The van der Waals surface area contributed by atoms with Crippen molar-refractivity contribution in [1.82, 2.24) is 0 Å². The second kappa shape index (κ2) is 13.1. The van der Waals surface area contributed by atoms with Crippen LogP contribution in [-0.2, 0) is 0 Å². The van der Waals surface area contributed by atoms with Gasteiger partial charge in [-0.2, -0.15) is 0 Å². The molecule has 280 valence electrons. The van der Waals surface area contributed by atoms with Crippen molar-refractivity contribution in [3.63, 3.8) is 0 Å². The molecule has 0 radical (unpaired) electrons. The Labute approximate surface area is 352 Å². The number of benzene rings is 7. The van der Waals surface area contributed by atoms with Crippen molar-refractivity contribution in [2.24, 2.45) is 11.8 Å². The van der Waals surface area contributed by atoms with Gasteiger partial charge in [-0.3, -0.25) is 0 Å². The second-order valence-electron chi connectivity index (χ2n) is 16.2. The number of hydrogen-bond donors (Lipinski definition) is 0. The summed E-state index contributed by atoms with van der Waals surface area (Å²) in [5.74, 6) is 2.26. The van der Waals surface area contributed by atoms with Gasteiger partial charge in [-0.15, -0.1) is 23.1 Å². The third kappa shape index (κ3) is 5.33. The van der Waals surface area contributed by atoms with E-state index in [0.29, 0.717) is 17.1 Å². The molecular formula is C55H37NOS2. The van der Waals surface area contributed by atoms with Crippen molar-refractivity contribution in [1.29, 1.82) is 0 Å². The maximum Gasteiger partial charge on any atom is 0.128 e. The van der Waals surface area contributed by atoms with Gasteiger partial charge in [0.25, 0.3) is 0 Å². The fourth-order valence-electron chi connectivity index (χ4n) is 10.1. The zero-order valence-corrected chi connectivity index (χ0v) is 33.7. The lowest BCUT2D eigenvalue weighted by Crippen LogP contribution is -2.14. The van der Waals surface area contributed by atoms with Crippen LogP contribution >= 0.6 is 23.1 Å². The Bertz CT molecular complexity index is 3150. The van der Waals surface area contributed by atoms with E-state index in [9.17, 15) is 0 Å². The summed E-state index contributed by atoms with van der Waals surface area (Å²) in [6, 6.07) is 60.6. The number of ether oxygens (including phenoxy) is 1. The second-order valence-corrected chi connectivity index (χ2v) is 18.5. The van der Waals surface area contributed by atoms with Crippen molar-refractivity contribution in [3.8, 4) is 16.9 Å². The number of fused-ring (bicyclic) bond motifs is 9. The van der Waals surface area contributed by atoms with E-state index in [1.165, 1.54) is 80.7 Å². The molecule has 4 unspecified atom stereocenters. The van der Waals surface area contributed by atoms with Gasteiger partial charge in [-0.1, -0.05) is 121 Å². The largest absolute Gasteiger partial charge is 0.485 e. The first-order chi connectivity index (χ1) is 29.2. The number of thioether (sulfide) groups is 1. The van der Waals surface area contributed by atoms with Crippen LogP contribution in [0.4, 0.5) is 17.1 Å². The van der Waals surface area contributed by atoms with E-state index in [4.69, 9.17) is 4.74 Å². The van der Waals surface area contributed by atoms with Gasteiger partial charge in [0.15, 0.2) is 0 Å². The summed E-state index contributed by atoms with van der Waals surface area (Å²) < 4.78 is 9.05. The average molecular weight is 792 g/mol. The number of rotatable bonds is 6. The third-order valence-electron chi connectivity index (χ3n) is 13.0. The van der Waals surface area contributed by atoms with Crippen molar-refractivity contribution in [2.45, 2.75) is 22.7 Å². The lowest BCUT2D eigenvalue weighted by molar-refractivity contribution is 0.279. The van der Waals surface area contributed by atoms with Crippen LogP contribution in [0.3, 0.4) is 0 Å². The quantitative estimate of drug-likeness (QED) is 0.166. The highest BCUT2D eigenvalue weighted by atomic mass is 32.2. The van der Waals surface area contributed by atoms with Gasteiger partial charge in [0, 0.05) is 70.9 Å². The fourth-order valence-corrected chi connectivity index (χ4v) is 12.7. The van der Waals surface area contributed by atoms with Crippen LogP contribution in [-0.4, -0.2) is 11.4 Å². The molecule has 4 heteroatoms. The molecule has 0 saturated heterocycles. The summed E-state index contributed by atoms with van der Waals surface area (Å²) in [5, 5.41) is 3.32. The van der Waals surface area contributed by atoms with Crippen molar-refractivity contribution < 1.29 is 4.74 Å². The lowest BCUT2D eigenvalue weighted by Gasteiger charge is -2.27. The number of allylic oxidation sites excluding steroid dienone is 6. The van der Waals surface area contributed by atoms with Gasteiger partial charge in [0.05, 0.1) is 0 Å². The monoisotopic (exact) mass is 791 g/mol. The Morgan fingerprint density at radius 1 is 0.525 bits per heavy atom. The standard InChI is InChI=1S/C55H37NOS2/c1-4-12-47-43(9-1)52-40(11-7-13-48(52)57-47)34-18-25-38(26-19-34)56(37-23-16-33(17-24-37)36-22-31-51-46(32-36)42-8-2-5-14-49(42)58-51)39-27-20-35(21-28-39)41-29-30-45-54-53(41)44-10-3-6-15-50(44)59-55(45)54/h1-12,14-32,45,48,54-55H,13H2. The van der Waals surface area contributed by atoms with E-state index in [1.807, 2.05) is 11.3 Å². The predicted molar refractivity (Wildman–Crippen MR) is 250 cm³/mol. The molecule has 2 aliphatic heterocycles. The fraction of sp³-hybridized carbons (Fsp3) is 0.0909. The molecule has 8 aromatic rings. The van der Waals surface area contributed by atoms with E-state index < -0.39 is 0 Å². The Morgan fingerprint density at radius 2 is 1.15 bits per heavy atom. The lowest BCUT2D eigenvalue weighted by atomic mass is 9.87. The Balaban J connectivity index is 0.894. The molecule has 59 heavy (non-hydrogen) atoms. The molecule has 1 saturated carbocycles. The van der Waals surface area contributed by atoms with Gasteiger partial charge in [-0.05, 0) is 117 Å². The molecular weight excluding hydrogens is 755 g/mol. The normalized spacial score (nSPS) is 20.6. The van der Waals surface area contributed by atoms with E-state index in [0.717, 1.165) is 29.2 Å². The number of para-hydroxylation sites is 1. The van der Waals surface area contributed by atoms with E-state index in [2.05, 4.69) is 205 Å². The Kier molecular flexibility index (Phi) is 7.46. The summed E-state index contributed by atoms with van der Waals surface area (Å²) in [4.78, 5) is 3.82. The first kappa shape index (κ1) is 33.6. The third-order valence-corrected chi connectivity index (χ3v) is 15.6. The number of anilines is 3. The molecule has 1 fully saturated rings. The van der Waals surface area contributed by atoms with Crippen molar-refractivity contribution in [3.05, 3.63) is 210 Å². The molecule has 3 heterocycles. The van der Waals surface area contributed by atoms with Crippen LogP contribution in [0.15, 0.2) is 193 Å². The minimum atomic E-state index is 0.0624. The summed E-state index contributed by atoms with van der Waals surface area (Å²) in [6.07, 6.45) is 10.3. The predicted octanol–water partition coefficient (Wildman–Crippen LogP) is 15.0. The molecule has 0 spiro atoms. The smallest absolute Gasteiger partial charge is 0.128 e. The minimum absolute atomic E-state index is 0.0624. The van der Waals surface area contributed by atoms with Crippen molar-refractivity contribution in [2.75, 3.05) is 4.90 Å². The highest BCUT2D eigenvalue weighted by Gasteiger charge is 2.56. The van der Waals surface area contributed by atoms with Gasteiger partial charge >= 0.3 is 0 Å². The molecule has 0 N–H and O–H groups in total. The summed E-state index contributed by atoms with van der Waals surface area (Å²) >= 11 is 3.93. The van der Waals surface area contributed by atoms with E-state index in [-0.39, 0.29) is 6.10 Å². The zero-order valence-electron chi connectivity index (χ0n) is 32.1. The van der Waals surface area contributed by atoms with Crippen LogP contribution in [0.25, 0.3) is 53.6 Å². The molecule has 3 aliphatic carbocycles. The van der Waals surface area contributed by atoms with Crippen LogP contribution in [0.2, 0.25) is 0 Å². The summed E-state index contributed by atoms with van der Waals surface area (Å²) in [7, 11) is 0. The van der Waals surface area contributed by atoms with Crippen LogP contribution < -0.4 is 9.64 Å². The molecule has 1 aromatic heterocycles. The van der Waals surface area contributed by atoms with E-state index in [1.54, 1.807) is 0 Å². The average Bonchev–Trinajstić information content (AvgIpc) is 3.66. The molecule has 5 aliphatic rings. The minimum Gasteiger partial charge on any atom is -0.485 e. The molecule has 7 aromatic carbocycles. The zero-order chi connectivity index (χ0) is 38.6. The molecule has 13 rings (SSSR count). The van der Waals surface area contributed by atoms with Crippen LogP contribution in [0, 0.1) is 11.8 Å². The van der Waals surface area contributed by atoms with Gasteiger partial charge in [0.2, 0.25) is 0 Å². The SMILES string of the molecule is C1=CC(c2ccc(N(c3ccc(C4=C5c6ccccc6SC6C(C=C4)C56)cc3)c3ccc(-c4ccc5sc6ccccc6c5c4)cc3)cc2)=C2c3ccccc3OC2C1. The number of hydrogen-bond acceptors (Lipinski definition) is 4. The van der Waals surface area contributed by atoms with Gasteiger partial charge in [0.1, 0.15) is 11.9 Å². The first-order valence-electron chi connectivity index (χ1n) is 20.6. The summed E-state index contributed by atoms with van der Waals surface area (Å²) in [5.41, 5.74) is 16.4. The number of nitrogens with zero attached hydrogens (tertiary/aromatic N) is 1. The maximum atomic E-state index is 6.39.